The molecule has 0 bridgehead atoms. The third-order valence-corrected chi connectivity index (χ3v) is 3.21. The van der Waals surface area contributed by atoms with E-state index < -0.39 is 12.0 Å². The Labute approximate surface area is 131 Å². The molecule has 1 aromatic carbocycles. The van der Waals surface area contributed by atoms with Crippen LogP contribution in [0.15, 0.2) is 42.9 Å². The van der Waals surface area contributed by atoms with Crippen molar-refractivity contribution >= 4 is 5.97 Å². The molecule has 0 saturated carbocycles. The van der Waals surface area contributed by atoms with Crippen molar-refractivity contribution in [3.8, 4) is 0 Å². The summed E-state index contributed by atoms with van der Waals surface area (Å²) in [5, 5.41) is 12.5. The molecule has 1 heterocycles. The maximum Gasteiger partial charge on any atom is 0.321 e. The summed E-state index contributed by atoms with van der Waals surface area (Å²) in [6, 6.07) is 9.46. The van der Waals surface area contributed by atoms with Gasteiger partial charge < -0.3 is 9.67 Å². The van der Waals surface area contributed by atoms with Gasteiger partial charge in [0.2, 0.25) is 0 Å². The maximum atomic E-state index is 11.4. The van der Waals surface area contributed by atoms with E-state index in [0.29, 0.717) is 6.42 Å². The quantitative estimate of drug-likeness (QED) is 0.859. The second-order valence-electron chi connectivity index (χ2n) is 6.51. The van der Waals surface area contributed by atoms with Gasteiger partial charge in [0.25, 0.3) is 0 Å². The van der Waals surface area contributed by atoms with Gasteiger partial charge in [-0.1, -0.05) is 30.3 Å². The number of benzene rings is 1. The first-order valence-corrected chi connectivity index (χ1v) is 7.38. The molecule has 1 aromatic heterocycles. The van der Waals surface area contributed by atoms with Gasteiger partial charge in [-0.15, -0.1) is 0 Å². The number of hydrogen-bond donors (Lipinski definition) is 2. The molecule has 22 heavy (non-hydrogen) atoms. The predicted molar refractivity (Wildman–Crippen MR) is 85.8 cm³/mol. The van der Waals surface area contributed by atoms with Crippen LogP contribution in [0.1, 0.15) is 32.0 Å². The van der Waals surface area contributed by atoms with Crippen LogP contribution in [0.3, 0.4) is 0 Å². The fourth-order valence-electron chi connectivity index (χ4n) is 2.32. The second-order valence-corrected chi connectivity index (χ2v) is 6.51. The number of hydrogen-bond acceptors (Lipinski definition) is 3. The lowest BCUT2D eigenvalue weighted by molar-refractivity contribution is -0.140. The average Bonchev–Trinajstić information content (AvgIpc) is 2.85. The molecule has 2 aromatic rings. The van der Waals surface area contributed by atoms with E-state index in [1.165, 1.54) is 5.56 Å². The van der Waals surface area contributed by atoms with Crippen molar-refractivity contribution in [2.75, 3.05) is 0 Å². The molecule has 0 fully saturated rings. The van der Waals surface area contributed by atoms with Crippen LogP contribution < -0.4 is 5.32 Å². The van der Waals surface area contributed by atoms with E-state index >= 15 is 0 Å². The summed E-state index contributed by atoms with van der Waals surface area (Å²) >= 11 is 0. The minimum absolute atomic E-state index is 0.254. The minimum atomic E-state index is -0.854. The number of nitrogens with one attached hydrogen (secondary N) is 1. The van der Waals surface area contributed by atoms with Crippen LogP contribution in [0.2, 0.25) is 0 Å². The number of imidazole rings is 1. The van der Waals surface area contributed by atoms with Crippen molar-refractivity contribution in [1.29, 1.82) is 0 Å². The van der Waals surface area contributed by atoms with Crippen LogP contribution in [0.5, 0.6) is 0 Å². The Hall–Kier alpha value is -2.14. The standard InChI is InChI=1S/C17H23N3O2/c1-17(2,3)19-15(16(21)22)9-14-11-20(12-18-14)10-13-7-5-4-6-8-13/h4-8,11-12,15,19H,9-10H2,1-3H3,(H,21,22)/t15-/m0/s1. The van der Waals surface area contributed by atoms with Gasteiger partial charge in [-0.05, 0) is 26.3 Å². The zero-order valence-corrected chi connectivity index (χ0v) is 13.3. The zero-order chi connectivity index (χ0) is 16.2. The van der Waals surface area contributed by atoms with Gasteiger partial charge >= 0.3 is 5.97 Å². The molecular formula is C17H23N3O2. The van der Waals surface area contributed by atoms with E-state index in [0.717, 1.165) is 12.2 Å². The number of aromatic nitrogens is 2. The third-order valence-electron chi connectivity index (χ3n) is 3.21. The van der Waals surface area contributed by atoms with Crippen molar-refractivity contribution < 1.29 is 9.90 Å². The van der Waals surface area contributed by atoms with Crippen LogP contribution in [-0.4, -0.2) is 32.2 Å². The third kappa shape index (κ3) is 5.00. The lowest BCUT2D eigenvalue weighted by atomic mass is 10.0. The molecule has 5 nitrogen and oxygen atoms in total. The lowest BCUT2D eigenvalue weighted by Crippen LogP contribution is -2.48. The largest absolute Gasteiger partial charge is 0.480 e. The second kappa shape index (κ2) is 6.75. The molecule has 0 aliphatic heterocycles. The smallest absolute Gasteiger partial charge is 0.321 e. The molecular weight excluding hydrogens is 278 g/mol. The van der Waals surface area contributed by atoms with Crippen LogP contribution in [0.4, 0.5) is 0 Å². The van der Waals surface area contributed by atoms with Gasteiger partial charge in [0.15, 0.2) is 0 Å². The molecule has 0 aliphatic rings. The summed E-state index contributed by atoms with van der Waals surface area (Å²) in [5.41, 5.74) is 1.71. The zero-order valence-electron chi connectivity index (χ0n) is 13.3. The van der Waals surface area contributed by atoms with Gasteiger partial charge in [-0.2, -0.15) is 0 Å². The van der Waals surface area contributed by atoms with E-state index in [9.17, 15) is 9.90 Å². The summed E-state index contributed by atoms with van der Waals surface area (Å²) in [4.78, 5) is 15.7. The number of carboxylic acid groups (broad SMARTS) is 1. The van der Waals surface area contributed by atoms with Gasteiger partial charge in [-0.25, -0.2) is 4.98 Å². The molecule has 0 amide bonds. The van der Waals surface area contributed by atoms with Crippen molar-refractivity contribution in [1.82, 2.24) is 14.9 Å². The number of rotatable bonds is 6. The molecule has 0 spiro atoms. The molecule has 2 rings (SSSR count). The average molecular weight is 301 g/mol. The van der Waals surface area contributed by atoms with E-state index in [1.54, 1.807) is 6.33 Å². The highest BCUT2D eigenvalue weighted by Crippen LogP contribution is 2.09. The summed E-state index contributed by atoms with van der Waals surface area (Å²) < 4.78 is 1.97. The van der Waals surface area contributed by atoms with Crippen molar-refractivity contribution in [2.45, 2.75) is 45.3 Å². The number of carboxylic acids is 1. The Morgan fingerprint density at radius 2 is 2.00 bits per heavy atom. The lowest BCUT2D eigenvalue weighted by Gasteiger charge is -2.25. The topological polar surface area (TPSA) is 67.2 Å². The molecule has 2 N–H and O–H groups in total. The first-order chi connectivity index (χ1) is 10.3. The SMILES string of the molecule is CC(C)(C)N[C@@H](Cc1cn(Cc2ccccc2)cn1)C(=O)O. The molecule has 0 radical (unpaired) electrons. The Morgan fingerprint density at radius 1 is 1.32 bits per heavy atom. The fourth-order valence-corrected chi connectivity index (χ4v) is 2.32. The Kier molecular flexibility index (Phi) is 4.98. The monoisotopic (exact) mass is 301 g/mol. The highest BCUT2D eigenvalue weighted by Gasteiger charge is 2.24. The molecule has 0 aliphatic carbocycles. The highest BCUT2D eigenvalue weighted by molar-refractivity contribution is 5.73. The molecule has 1 atom stereocenters. The van der Waals surface area contributed by atoms with Crippen molar-refractivity contribution in [3.05, 3.63) is 54.1 Å². The van der Waals surface area contributed by atoms with Crippen LogP contribution in [0, 0.1) is 0 Å². The van der Waals surface area contributed by atoms with Gasteiger partial charge in [0.05, 0.1) is 12.0 Å². The summed E-state index contributed by atoms with van der Waals surface area (Å²) in [6.07, 6.45) is 4.03. The van der Waals surface area contributed by atoms with Crippen LogP contribution >= 0.6 is 0 Å². The van der Waals surface area contributed by atoms with E-state index in [4.69, 9.17) is 0 Å². The van der Waals surface area contributed by atoms with Crippen LogP contribution in [-0.2, 0) is 17.8 Å². The van der Waals surface area contributed by atoms with Gasteiger partial charge in [-0.3, -0.25) is 10.1 Å². The van der Waals surface area contributed by atoms with Crippen molar-refractivity contribution in [3.63, 3.8) is 0 Å². The number of nitrogens with zero attached hydrogens (tertiary/aromatic N) is 2. The molecule has 0 unspecified atom stereocenters. The summed E-state index contributed by atoms with van der Waals surface area (Å²) in [5.74, 6) is -0.854. The van der Waals surface area contributed by atoms with Crippen LogP contribution in [0.25, 0.3) is 0 Å². The predicted octanol–water partition coefficient (Wildman–Crippen LogP) is 2.32. The number of carbonyl (C=O) groups is 1. The Morgan fingerprint density at radius 3 is 2.59 bits per heavy atom. The Bertz CT molecular complexity index is 614. The van der Waals surface area contributed by atoms with E-state index in [2.05, 4.69) is 22.4 Å². The minimum Gasteiger partial charge on any atom is -0.480 e. The molecule has 118 valence electrons. The number of aliphatic carboxylic acids is 1. The maximum absolute atomic E-state index is 11.4. The fraction of sp³-hybridized carbons (Fsp3) is 0.412. The Balaban J connectivity index is 2.02. The summed E-state index contributed by atoms with van der Waals surface area (Å²) in [7, 11) is 0. The van der Waals surface area contributed by atoms with Crippen molar-refractivity contribution in [2.24, 2.45) is 0 Å². The molecule has 0 saturated heterocycles. The van der Waals surface area contributed by atoms with Gasteiger partial charge in [0.1, 0.15) is 6.04 Å². The van der Waals surface area contributed by atoms with Gasteiger partial charge in [0, 0.05) is 24.7 Å². The van der Waals surface area contributed by atoms with E-state index in [1.807, 2.05) is 49.7 Å². The first kappa shape index (κ1) is 16.2. The summed E-state index contributed by atoms with van der Waals surface area (Å²) in [6.45, 7) is 6.60. The molecule has 5 heteroatoms. The van der Waals surface area contributed by atoms with E-state index in [-0.39, 0.29) is 5.54 Å². The highest BCUT2D eigenvalue weighted by atomic mass is 16.4. The first-order valence-electron chi connectivity index (χ1n) is 7.38. The normalized spacial score (nSPS) is 13.0.